The van der Waals surface area contributed by atoms with Crippen LogP contribution < -0.4 is 10.2 Å². The quantitative estimate of drug-likeness (QED) is 0.187. The molecule has 0 bridgehead atoms. The van der Waals surface area contributed by atoms with Crippen molar-refractivity contribution in [2.75, 3.05) is 0 Å². The lowest BCUT2D eigenvalue weighted by atomic mass is 9.76. The highest BCUT2D eigenvalue weighted by Gasteiger charge is 2.49. The van der Waals surface area contributed by atoms with E-state index in [1.807, 2.05) is 72.8 Å². The van der Waals surface area contributed by atoms with E-state index in [9.17, 15) is 13.8 Å². The van der Waals surface area contributed by atoms with Crippen LogP contribution in [-0.4, -0.2) is 33.0 Å². The smallest absolute Gasteiger partial charge is 0.255 e. The Labute approximate surface area is 275 Å². The summed E-state index contributed by atoms with van der Waals surface area (Å²) in [6.07, 6.45) is 3.18. The van der Waals surface area contributed by atoms with Gasteiger partial charge in [0.15, 0.2) is 0 Å². The van der Waals surface area contributed by atoms with Gasteiger partial charge >= 0.3 is 0 Å². The Balaban J connectivity index is 1.40. The van der Waals surface area contributed by atoms with Crippen LogP contribution >= 0.6 is 23.2 Å². The summed E-state index contributed by atoms with van der Waals surface area (Å²) in [5.74, 6) is -1.46. The number of hydroxylamine groups is 1. The second-order valence-electron chi connectivity index (χ2n) is 11.3. The third-order valence-electron chi connectivity index (χ3n) is 8.50. The summed E-state index contributed by atoms with van der Waals surface area (Å²) in [5.41, 5.74) is 5.19. The maximum atomic E-state index is 14.5. The monoisotopic (exact) mass is 661 g/mol. The normalized spacial score (nSPS) is 22.0. The van der Waals surface area contributed by atoms with Crippen molar-refractivity contribution in [2.24, 2.45) is 0 Å². The predicted molar refractivity (Wildman–Crippen MR) is 176 cm³/mol. The van der Waals surface area contributed by atoms with E-state index in [-0.39, 0.29) is 24.6 Å². The summed E-state index contributed by atoms with van der Waals surface area (Å²) in [6, 6.07) is 29.6. The highest BCUT2D eigenvalue weighted by Crippen LogP contribution is 2.48. The molecule has 10 heteroatoms. The van der Waals surface area contributed by atoms with Crippen molar-refractivity contribution in [1.29, 1.82) is 0 Å². The van der Waals surface area contributed by atoms with Crippen LogP contribution in [0.15, 0.2) is 108 Å². The molecular weight excluding hydrogens is 629 g/mol. The third-order valence-corrected chi connectivity index (χ3v) is 10.3. The van der Waals surface area contributed by atoms with Crippen LogP contribution in [-0.2, 0) is 27.2 Å². The SMILES string of the molecule is O=C(NOCc1ccccc1)[C@@H]1c2ccccc2C(=O)N(C2CCCC[C@@H]2NS(=O)c2ccccc2)[C@H]1c1ccc(Cl)cc1Cl. The molecule has 6 rings (SSSR count). The molecule has 2 N–H and O–H groups in total. The zero-order valence-electron chi connectivity index (χ0n) is 24.4. The molecular formula is C35H33Cl2N3O4S. The van der Waals surface area contributed by atoms with Crippen LogP contribution in [0.4, 0.5) is 0 Å². The topological polar surface area (TPSA) is 87.7 Å². The van der Waals surface area contributed by atoms with Gasteiger partial charge in [-0.1, -0.05) is 109 Å². The van der Waals surface area contributed by atoms with E-state index in [1.165, 1.54) is 0 Å². The lowest BCUT2D eigenvalue weighted by Crippen LogP contribution is -2.58. The Kier molecular flexibility index (Phi) is 9.97. The number of nitrogens with zero attached hydrogens (tertiary/aromatic N) is 1. The largest absolute Gasteiger partial charge is 0.326 e. The summed E-state index contributed by atoms with van der Waals surface area (Å²) >= 11 is 13.2. The second-order valence-corrected chi connectivity index (χ2v) is 13.4. The van der Waals surface area contributed by atoms with Crippen molar-refractivity contribution in [1.82, 2.24) is 15.1 Å². The summed E-state index contributed by atoms with van der Waals surface area (Å²) in [5, 5.41) is 0.793. The average Bonchev–Trinajstić information content (AvgIpc) is 3.06. The van der Waals surface area contributed by atoms with E-state index >= 15 is 0 Å². The molecule has 1 aliphatic carbocycles. The van der Waals surface area contributed by atoms with Crippen LogP contribution in [0.3, 0.4) is 0 Å². The molecule has 4 aromatic rings. The first-order valence-corrected chi connectivity index (χ1v) is 16.9. The van der Waals surface area contributed by atoms with Gasteiger partial charge in [-0.3, -0.25) is 14.4 Å². The highest BCUT2D eigenvalue weighted by molar-refractivity contribution is 7.83. The Morgan fingerprint density at radius 3 is 2.31 bits per heavy atom. The van der Waals surface area contributed by atoms with Crippen molar-refractivity contribution in [2.45, 2.75) is 61.2 Å². The number of nitrogens with one attached hydrogen (secondary N) is 2. The van der Waals surface area contributed by atoms with Crippen LogP contribution in [0.2, 0.25) is 10.0 Å². The number of amides is 2. The maximum Gasteiger partial charge on any atom is 0.255 e. The summed E-state index contributed by atoms with van der Waals surface area (Å²) in [7, 11) is -1.50. The van der Waals surface area contributed by atoms with E-state index in [4.69, 9.17) is 28.0 Å². The lowest BCUT2D eigenvalue weighted by molar-refractivity contribution is -0.138. The van der Waals surface area contributed by atoms with E-state index in [1.54, 1.807) is 35.2 Å². The van der Waals surface area contributed by atoms with E-state index in [2.05, 4.69) is 10.2 Å². The molecule has 232 valence electrons. The highest BCUT2D eigenvalue weighted by atomic mass is 35.5. The average molecular weight is 663 g/mol. The van der Waals surface area contributed by atoms with Crippen LogP contribution in [0.25, 0.3) is 0 Å². The molecule has 2 aliphatic rings. The van der Waals surface area contributed by atoms with Crippen molar-refractivity contribution in [3.8, 4) is 0 Å². The van der Waals surface area contributed by atoms with Crippen molar-refractivity contribution in [3.05, 3.63) is 135 Å². The van der Waals surface area contributed by atoms with Gasteiger partial charge in [-0.25, -0.2) is 14.4 Å². The molecule has 1 saturated carbocycles. The molecule has 1 heterocycles. The molecule has 4 aromatic carbocycles. The van der Waals surface area contributed by atoms with Gasteiger partial charge in [0.2, 0.25) is 0 Å². The fourth-order valence-electron chi connectivity index (χ4n) is 6.43. The predicted octanol–water partition coefficient (Wildman–Crippen LogP) is 7.15. The van der Waals surface area contributed by atoms with E-state index in [0.29, 0.717) is 44.5 Å². The van der Waals surface area contributed by atoms with Crippen LogP contribution in [0.5, 0.6) is 0 Å². The number of hydrogen-bond donors (Lipinski definition) is 2. The first-order valence-electron chi connectivity index (χ1n) is 15.0. The van der Waals surface area contributed by atoms with Gasteiger partial charge in [0.1, 0.15) is 11.0 Å². The molecule has 7 nitrogen and oxygen atoms in total. The van der Waals surface area contributed by atoms with Crippen molar-refractivity contribution in [3.63, 3.8) is 0 Å². The van der Waals surface area contributed by atoms with Crippen molar-refractivity contribution >= 4 is 46.0 Å². The third kappa shape index (κ3) is 6.86. The Morgan fingerprint density at radius 1 is 0.867 bits per heavy atom. The van der Waals surface area contributed by atoms with Gasteiger partial charge in [-0.15, -0.1) is 0 Å². The summed E-state index contributed by atoms with van der Waals surface area (Å²) in [6.45, 7) is 0.176. The molecule has 5 atom stereocenters. The molecule has 2 amide bonds. The lowest BCUT2D eigenvalue weighted by Gasteiger charge is -2.49. The fraction of sp³-hybridized carbons (Fsp3) is 0.257. The van der Waals surface area contributed by atoms with Gasteiger partial charge in [0.05, 0.1) is 23.5 Å². The number of rotatable bonds is 9. The van der Waals surface area contributed by atoms with E-state index < -0.39 is 28.9 Å². The Hall–Kier alpha value is -3.53. The molecule has 2 unspecified atom stereocenters. The van der Waals surface area contributed by atoms with Crippen LogP contribution in [0.1, 0.15) is 64.7 Å². The Bertz CT molecular complexity index is 1690. The van der Waals surface area contributed by atoms with E-state index in [0.717, 1.165) is 18.4 Å². The molecule has 0 aromatic heterocycles. The summed E-state index contributed by atoms with van der Waals surface area (Å²) < 4.78 is 16.8. The van der Waals surface area contributed by atoms with Crippen LogP contribution in [0, 0.1) is 0 Å². The zero-order chi connectivity index (χ0) is 31.3. The zero-order valence-corrected chi connectivity index (χ0v) is 26.7. The number of benzene rings is 4. The molecule has 1 aliphatic heterocycles. The second kappa shape index (κ2) is 14.3. The first kappa shape index (κ1) is 31.5. The molecule has 0 radical (unpaired) electrons. The first-order chi connectivity index (χ1) is 21.9. The minimum Gasteiger partial charge on any atom is -0.326 e. The minimum absolute atomic E-state index is 0.176. The number of fused-ring (bicyclic) bond motifs is 1. The standard InChI is InChI=1S/C35H33Cl2N3O4S/c36-24-19-20-28(29(37)21-24)33-32(34(41)38-44-22-23-11-3-1-4-12-23)26-15-7-8-16-27(26)35(42)40(33)31-18-10-9-17-30(31)39-45(43)25-13-5-2-6-14-25/h1-8,11-16,19-21,30-33,39H,9-10,17-18,22H2,(H,38,41)/t30-,31?,32+,33-,45?/m0/s1. The minimum atomic E-state index is -1.50. The number of carbonyl (C=O) groups is 2. The molecule has 0 spiro atoms. The van der Waals surface area contributed by atoms with Gasteiger partial charge in [0.25, 0.3) is 11.8 Å². The van der Waals surface area contributed by atoms with Gasteiger partial charge in [0, 0.05) is 27.7 Å². The fourth-order valence-corrected chi connectivity index (χ4v) is 8.04. The summed E-state index contributed by atoms with van der Waals surface area (Å²) in [4.78, 5) is 36.9. The molecule has 1 fully saturated rings. The number of hydrogen-bond acceptors (Lipinski definition) is 4. The van der Waals surface area contributed by atoms with Crippen molar-refractivity contribution < 1.29 is 18.6 Å². The number of halogens is 2. The van der Waals surface area contributed by atoms with Gasteiger partial charge in [-0.2, -0.15) is 0 Å². The maximum absolute atomic E-state index is 14.5. The number of carbonyl (C=O) groups excluding carboxylic acids is 2. The van der Waals surface area contributed by atoms with Gasteiger partial charge in [-0.05, 0) is 59.9 Å². The van der Waals surface area contributed by atoms with Gasteiger partial charge < -0.3 is 4.90 Å². The Morgan fingerprint density at radius 2 is 1.56 bits per heavy atom. The molecule has 45 heavy (non-hydrogen) atoms. The molecule has 0 saturated heterocycles.